The SMILES string of the molecule is COc1cc(CCC2CCN(C(C(N)=O)c3ccc(C#N)cc3)CC2)cc(OC)c1. The average molecular weight is 408 g/mol. The first-order chi connectivity index (χ1) is 14.5. The Labute approximate surface area is 178 Å². The number of hydrogen-bond donors (Lipinski definition) is 1. The van der Waals surface area contributed by atoms with Crippen LogP contribution in [0, 0.1) is 17.2 Å². The van der Waals surface area contributed by atoms with Crippen molar-refractivity contribution in [3.63, 3.8) is 0 Å². The molecule has 0 aromatic heterocycles. The highest BCUT2D eigenvalue weighted by Crippen LogP contribution is 2.30. The Balaban J connectivity index is 1.58. The van der Waals surface area contributed by atoms with Crippen molar-refractivity contribution in [3.05, 3.63) is 59.2 Å². The number of primary amides is 1. The van der Waals surface area contributed by atoms with Gasteiger partial charge < -0.3 is 15.2 Å². The lowest BCUT2D eigenvalue weighted by Gasteiger charge is -2.36. The van der Waals surface area contributed by atoms with E-state index in [1.54, 1.807) is 26.4 Å². The number of rotatable bonds is 8. The molecule has 6 heteroatoms. The van der Waals surface area contributed by atoms with Gasteiger partial charge in [-0.05, 0) is 80.1 Å². The van der Waals surface area contributed by atoms with E-state index >= 15 is 0 Å². The standard InChI is InChI=1S/C24H29N3O3/c1-29-21-13-19(14-22(15-21)30-2)4-3-17-9-11-27(12-10-17)23(24(26)28)20-7-5-18(16-25)6-8-20/h5-8,13-15,17,23H,3-4,9-12H2,1-2H3,(H2,26,28). The number of carbonyl (C=O) groups is 1. The fraction of sp³-hybridized carbons (Fsp3) is 0.417. The first-order valence-electron chi connectivity index (χ1n) is 10.3. The van der Waals surface area contributed by atoms with Crippen LogP contribution in [-0.2, 0) is 11.2 Å². The quantitative estimate of drug-likeness (QED) is 0.724. The van der Waals surface area contributed by atoms with Crippen LogP contribution in [0.25, 0.3) is 0 Å². The van der Waals surface area contributed by atoms with Crippen LogP contribution < -0.4 is 15.2 Å². The molecular formula is C24H29N3O3. The third kappa shape index (κ3) is 5.31. The zero-order valence-corrected chi connectivity index (χ0v) is 17.6. The summed E-state index contributed by atoms with van der Waals surface area (Å²) < 4.78 is 10.7. The number of amides is 1. The van der Waals surface area contributed by atoms with Crippen LogP contribution in [0.3, 0.4) is 0 Å². The molecule has 0 bridgehead atoms. The van der Waals surface area contributed by atoms with Gasteiger partial charge in [-0.2, -0.15) is 5.26 Å². The molecule has 2 N–H and O–H groups in total. The van der Waals surface area contributed by atoms with Gasteiger partial charge in [0.1, 0.15) is 17.5 Å². The van der Waals surface area contributed by atoms with Crippen LogP contribution in [0.1, 0.15) is 42.0 Å². The van der Waals surface area contributed by atoms with E-state index in [2.05, 4.69) is 23.1 Å². The minimum Gasteiger partial charge on any atom is -0.497 e. The third-order valence-electron chi connectivity index (χ3n) is 5.89. The van der Waals surface area contributed by atoms with Crippen molar-refractivity contribution in [2.45, 2.75) is 31.7 Å². The second kappa shape index (κ2) is 10.1. The number of aryl methyl sites for hydroxylation is 1. The maximum atomic E-state index is 12.2. The lowest BCUT2D eigenvalue weighted by atomic mass is 9.89. The number of likely N-dealkylation sites (tertiary alicyclic amines) is 1. The van der Waals surface area contributed by atoms with Crippen molar-refractivity contribution in [3.8, 4) is 17.6 Å². The smallest absolute Gasteiger partial charge is 0.239 e. The summed E-state index contributed by atoms with van der Waals surface area (Å²) in [6, 6.07) is 14.8. The van der Waals surface area contributed by atoms with E-state index in [4.69, 9.17) is 20.5 Å². The summed E-state index contributed by atoms with van der Waals surface area (Å²) in [5.41, 5.74) is 8.36. The number of hydrogen-bond acceptors (Lipinski definition) is 5. The van der Waals surface area contributed by atoms with E-state index in [9.17, 15) is 4.79 Å². The van der Waals surface area contributed by atoms with Crippen LogP contribution in [-0.4, -0.2) is 38.1 Å². The van der Waals surface area contributed by atoms with Gasteiger partial charge in [0.25, 0.3) is 0 Å². The Hall–Kier alpha value is -3.04. The highest BCUT2D eigenvalue weighted by atomic mass is 16.5. The Bertz CT molecular complexity index is 875. The van der Waals surface area contributed by atoms with Crippen molar-refractivity contribution >= 4 is 5.91 Å². The summed E-state index contributed by atoms with van der Waals surface area (Å²) in [4.78, 5) is 14.3. The fourth-order valence-electron chi connectivity index (χ4n) is 4.18. The molecule has 30 heavy (non-hydrogen) atoms. The minimum absolute atomic E-state index is 0.346. The first kappa shape index (κ1) is 21.7. The third-order valence-corrected chi connectivity index (χ3v) is 5.89. The number of piperidine rings is 1. The second-order valence-corrected chi connectivity index (χ2v) is 7.78. The molecule has 1 aliphatic rings. The van der Waals surface area contributed by atoms with Crippen LogP contribution >= 0.6 is 0 Å². The van der Waals surface area contributed by atoms with Crippen LogP contribution in [0.5, 0.6) is 11.5 Å². The highest BCUT2D eigenvalue weighted by molar-refractivity contribution is 5.81. The molecule has 1 heterocycles. The lowest BCUT2D eigenvalue weighted by molar-refractivity contribution is -0.124. The number of nitrogens with two attached hydrogens (primary N) is 1. The largest absolute Gasteiger partial charge is 0.497 e. The van der Waals surface area contributed by atoms with Gasteiger partial charge in [-0.25, -0.2) is 0 Å². The predicted octanol–water partition coefficient (Wildman–Crippen LogP) is 3.45. The van der Waals surface area contributed by atoms with Crippen molar-refractivity contribution in [1.29, 1.82) is 5.26 Å². The maximum absolute atomic E-state index is 12.2. The molecule has 0 saturated carbocycles. The van der Waals surface area contributed by atoms with Gasteiger partial charge >= 0.3 is 0 Å². The molecule has 1 saturated heterocycles. The van der Waals surface area contributed by atoms with Gasteiger partial charge in [-0.1, -0.05) is 12.1 Å². The Morgan fingerprint density at radius 3 is 2.23 bits per heavy atom. The maximum Gasteiger partial charge on any atom is 0.239 e. The molecule has 6 nitrogen and oxygen atoms in total. The summed E-state index contributed by atoms with van der Waals surface area (Å²) in [7, 11) is 3.33. The van der Waals surface area contributed by atoms with Gasteiger partial charge in [0.05, 0.1) is 25.9 Å². The monoisotopic (exact) mass is 407 g/mol. The molecule has 1 aliphatic heterocycles. The fourth-order valence-corrected chi connectivity index (χ4v) is 4.18. The summed E-state index contributed by atoms with van der Waals surface area (Å²) in [6.45, 7) is 1.67. The van der Waals surface area contributed by atoms with E-state index in [1.165, 1.54) is 5.56 Å². The van der Waals surface area contributed by atoms with E-state index < -0.39 is 6.04 Å². The second-order valence-electron chi connectivity index (χ2n) is 7.78. The number of benzene rings is 2. The minimum atomic E-state index is -0.443. The number of nitriles is 1. The van der Waals surface area contributed by atoms with E-state index in [0.717, 1.165) is 55.8 Å². The van der Waals surface area contributed by atoms with Crippen molar-refractivity contribution < 1.29 is 14.3 Å². The normalized spacial score (nSPS) is 15.9. The predicted molar refractivity (Wildman–Crippen MR) is 115 cm³/mol. The molecule has 1 fully saturated rings. The Kier molecular flexibility index (Phi) is 7.31. The summed E-state index contributed by atoms with van der Waals surface area (Å²) in [6.07, 6.45) is 4.11. The van der Waals surface area contributed by atoms with E-state index in [-0.39, 0.29) is 5.91 Å². The molecule has 0 radical (unpaired) electrons. The van der Waals surface area contributed by atoms with Crippen molar-refractivity contribution in [2.75, 3.05) is 27.3 Å². The summed E-state index contributed by atoms with van der Waals surface area (Å²) in [5, 5.41) is 8.98. The lowest BCUT2D eigenvalue weighted by Crippen LogP contribution is -2.42. The molecule has 2 aromatic carbocycles. The molecule has 0 spiro atoms. The van der Waals surface area contributed by atoms with Gasteiger partial charge in [-0.15, -0.1) is 0 Å². The summed E-state index contributed by atoms with van der Waals surface area (Å²) >= 11 is 0. The first-order valence-corrected chi connectivity index (χ1v) is 10.3. The zero-order valence-electron chi connectivity index (χ0n) is 17.6. The molecular weight excluding hydrogens is 378 g/mol. The van der Waals surface area contributed by atoms with Gasteiger partial charge in [0, 0.05) is 6.07 Å². The number of methoxy groups -OCH3 is 2. The molecule has 1 amide bonds. The van der Waals surface area contributed by atoms with E-state index in [0.29, 0.717) is 11.5 Å². The molecule has 1 atom stereocenters. The van der Waals surface area contributed by atoms with Gasteiger partial charge in [0.2, 0.25) is 5.91 Å². The van der Waals surface area contributed by atoms with Gasteiger partial charge in [0.15, 0.2) is 0 Å². The average Bonchev–Trinajstić information content (AvgIpc) is 2.78. The molecule has 3 rings (SSSR count). The molecule has 158 valence electrons. The van der Waals surface area contributed by atoms with Crippen LogP contribution in [0.4, 0.5) is 0 Å². The van der Waals surface area contributed by atoms with Crippen molar-refractivity contribution in [2.24, 2.45) is 11.7 Å². The molecule has 1 unspecified atom stereocenters. The zero-order chi connectivity index (χ0) is 21.5. The van der Waals surface area contributed by atoms with Crippen LogP contribution in [0.2, 0.25) is 0 Å². The van der Waals surface area contributed by atoms with Crippen molar-refractivity contribution in [1.82, 2.24) is 4.90 Å². The Morgan fingerprint density at radius 2 is 1.73 bits per heavy atom. The number of ether oxygens (including phenoxy) is 2. The molecule has 0 aliphatic carbocycles. The Morgan fingerprint density at radius 1 is 1.13 bits per heavy atom. The van der Waals surface area contributed by atoms with Crippen LogP contribution in [0.15, 0.2) is 42.5 Å². The number of carbonyl (C=O) groups excluding carboxylic acids is 1. The topological polar surface area (TPSA) is 88.6 Å². The van der Waals surface area contributed by atoms with E-state index in [1.807, 2.05) is 18.2 Å². The number of nitrogens with zero attached hydrogens (tertiary/aromatic N) is 2. The summed E-state index contributed by atoms with van der Waals surface area (Å²) in [5.74, 6) is 1.88. The molecule has 2 aromatic rings. The van der Waals surface area contributed by atoms with Gasteiger partial charge in [-0.3, -0.25) is 9.69 Å². The highest BCUT2D eigenvalue weighted by Gasteiger charge is 2.29.